The van der Waals surface area contributed by atoms with Crippen LogP contribution in [0.5, 0.6) is 0 Å². The number of rotatable bonds is 5. The second kappa shape index (κ2) is 15.4. The molecule has 220 valence electrons. The van der Waals surface area contributed by atoms with E-state index in [2.05, 4.69) is 5.32 Å². The van der Waals surface area contributed by atoms with Crippen LogP contribution in [0, 0.1) is 12.8 Å². The summed E-state index contributed by atoms with van der Waals surface area (Å²) in [6.45, 7) is 17.2. The molecule has 0 saturated carbocycles. The van der Waals surface area contributed by atoms with Crippen molar-refractivity contribution < 1.29 is 19.1 Å². The molecular weight excluding hydrogens is 502 g/mol. The number of likely N-dealkylation sites (tertiary alicyclic amines) is 1. The Balaban J connectivity index is 0.00000134. The van der Waals surface area contributed by atoms with Gasteiger partial charge in [-0.2, -0.15) is 0 Å². The molecule has 7 nitrogen and oxygen atoms in total. The molecule has 2 aromatic rings. The van der Waals surface area contributed by atoms with Crippen LogP contribution in [0.25, 0.3) is 0 Å². The van der Waals surface area contributed by atoms with Gasteiger partial charge in [-0.1, -0.05) is 69.7 Å². The van der Waals surface area contributed by atoms with E-state index >= 15 is 0 Å². The van der Waals surface area contributed by atoms with Crippen molar-refractivity contribution in [3.8, 4) is 0 Å². The number of benzene rings is 2. The molecule has 0 bridgehead atoms. The van der Waals surface area contributed by atoms with E-state index in [0.717, 1.165) is 30.4 Å². The molecule has 1 N–H and O–H groups in total. The van der Waals surface area contributed by atoms with Gasteiger partial charge in [0.2, 0.25) is 5.91 Å². The second-order valence-electron chi connectivity index (χ2n) is 11.0. The number of nitrogens with zero attached hydrogens (tertiary/aromatic N) is 2. The van der Waals surface area contributed by atoms with Crippen LogP contribution in [-0.2, 0) is 16.1 Å². The molecule has 0 spiro atoms. The molecular formula is C33H49N3O4. The van der Waals surface area contributed by atoms with Gasteiger partial charge in [-0.3, -0.25) is 9.59 Å². The zero-order chi connectivity index (χ0) is 29.9. The number of piperidine rings is 1. The minimum atomic E-state index is -0.561. The fourth-order valence-electron chi connectivity index (χ4n) is 4.97. The average molecular weight is 552 g/mol. The van der Waals surface area contributed by atoms with Crippen molar-refractivity contribution >= 4 is 23.6 Å². The lowest BCUT2D eigenvalue weighted by molar-refractivity contribution is -0.120. The van der Waals surface area contributed by atoms with E-state index in [-0.39, 0.29) is 17.9 Å². The largest absolute Gasteiger partial charge is 0.444 e. The topological polar surface area (TPSA) is 79.0 Å². The Morgan fingerprint density at radius 1 is 0.950 bits per heavy atom. The van der Waals surface area contributed by atoms with Gasteiger partial charge in [0.1, 0.15) is 11.6 Å². The molecule has 0 radical (unpaired) electrons. The first kappa shape index (κ1) is 32.9. The highest BCUT2D eigenvalue weighted by atomic mass is 16.6. The quantitative estimate of drug-likeness (QED) is 0.419. The number of hydrogen-bond acceptors (Lipinski definition) is 4. The van der Waals surface area contributed by atoms with Gasteiger partial charge in [-0.25, -0.2) is 4.79 Å². The maximum atomic E-state index is 13.7. The van der Waals surface area contributed by atoms with Crippen molar-refractivity contribution in [1.82, 2.24) is 9.80 Å². The van der Waals surface area contributed by atoms with Crippen LogP contribution < -0.4 is 5.32 Å². The van der Waals surface area contributed by atoms with E-state index in [0.29, 0.717) is 43.2 Å². The van der Waals surface area contributed by atoms with Gasteiger partial charge in [0.25, 0.3) is 5.91 Å². The summed E-state index contributed by atoms with van der Waals surface area (Å²) in [7, 11) is 0. The molecule has 3 amide bonds. The Labute approximate surface area is 241 Å². The van der Waals surface area contributed by atoms with Crippen molar-refractivity contribution in [2.75, 3.05) is 18.4 Å². The predicted molar refractivity (Wildman–Crippen MR) is 162 cm³/mol. The van der Waals surface area contributed by atoms with E-state index in [4.69, 9.17) is 4.74 Å². The van der Waals surface area contributed by atoms with Crippen LogP contribution >= 0.6 is 0 Å². The van der Waals surface area contributed by atoms with Crippen LogP contribution in [-0.4, -0.2) is 52.4 Å². The Bertz CT molecular complexity index is 1100. The third kappa shape index (κ3) is 9.10. The number of amides is 3. The minimum Gasteiger partial charge on any atom is -0.444 e. The van der Waals surface area contributed by atoms with Crippen LogP contribution in [0.2, 0.25) is 0 Å². The van der Waals surface area contributed by atoms with E-state index in [1.807, 2.05) is 104 Å². The molecule has 2 aromatic carbocycles. The summed E-state index contributed by atoms with van der Waals surface area (Å²) in [5, 5.41) is 3.01. The zero-order valence-electron chi connectivity index (χ0n) is 25.8. The Morgan fingerprint density at radius 3 is 2.17 bits per heavy atom. The van der Waals surface area contributed by atoms with Gasteiger partial charge in [-0.05, 0) is 77.0 Å². The summed E-state index contributed by atoms with van der Waals surface area (Å²) >= 11 is 0. The third-order valence-corrected chi connectivity index (χ3v) is 6.91. The maximum absolute atomic E-state index is 13.7. The van der Waals surface area contributed by atoms with Crippen molar-refractivity contribution in [2.45, 2.75) is 99.3 Å². The number of ether oxygens (including phenoxy) is 1. The monoisotopic (exact) mass is 551 g/mol. The summed E-state index contributed by atoms with van der Waals surface area (Å²) in [4.78, 5) is 43.0. The average Bonchev–Trinajstić information content (AvgIpc) is 3.03. The molecule has 1 unspecified atom stereocenters. The zero-order valence-corrected chi connectivity index (χ0v) is 25.8. The van der Waals surface area contributed by atoms with Gasteiger partial charge in [-0.15, -0.1) is 0 Å². The van der Waals surface area contributed by atoms with Gasteiger partial charge in [0, 0.05) is 19.6 Å². The first-order valence-electron chi connectivity index (χ1n) is 14.8. The Morgan fingerprint density at radius 2 is 1.57 bits per heavy atom. The summed E-state index contributed by atoms with van der Waals surface area (Å²) in [5.74, 6) is 0.117. The van der Waals surface area contributed by atoms with Gasteiger partial charge in [0.15, 0.2) is 0 Å². The molecule has 7 heteroatoms. The van der Waals surface area contributed by atoms with Crippen molar-refractivity contribution in [2.24, 2.45) is 5.92 Å². The van der Waals surface area contributed by atoms with Crippen molar-refractivity contribution in [3.63, 3.8) is 0 Å². The second-order valence-corrected chi connectivity index (χ2v) is 11.0. The molecule has 2 heterocycles. The van der Waals surface area contributed by atoms with Crippen LogP contribution in [0.4, 0.5) is 10.5 Å². The minimum absolute atomic E-state index is 0.124. The highest BCUT2D eigenvalue weighted by Gasteiger charge is 2.36. The summed E-state index contributed by atoms with van der Waals surface area (Å²) in [6, 6.07) is 14.8. The SMILES string of the molecule is CC.CC.Cc1ccc2c(c1)C(=O)N(Cc1ccccc1)C(CCC1CCN(C(=O)OC(C)(C)C)CC1)C(=O)N2. The third-order valence-electron chi connectivity index (χ3n) is 6.91. The molecule has 0 aliphatic carbocycles. The van der Waals surface area contributed by atoms with Crippen LogP contribution in [0.3, 0.4) is 0 Å². The standard InChI is InChI=1S/C29H37N3O4.2C2H6/c1-20-10-12-24-23(18-20)27(34)32(19-22-8-6-5-7-9-22)25(26(33)30-24)13-11-21-14-16-31(17-15-21)28(35)36-29(2,3)4;2*1-2/h5-10,12,18,21,25H,11,13-17,19H2,1-4H3,(H,30,33);2*1-2H3. The first-order valence-corrected chi connectivity index (χ1v) is 14.8. The smallest absolute Gasteiger partial charge is 0.410 e. The molecule has 2 aliphatic heterocycles. The molecule has 4 rings (SSSR count). The van der Waals surface area contributed by atoms with Crippen LogP contribution in [0.15, 0.2) is 48.5 Å². The molecule has 2 aliphatic rings. The lowest BCUT2D eigenvalue weighted by Crippen LogP contribution is -2.45. The fourth-order valence-corrected chi connectivity index (χ4v) is 4.97. The summed E-state index contributed by atoms with van der Waals surface area (Å²) in [6.07, 6.45) is 2.85. The molecule has 1 atom stereocenters. The van der Waals surface area contributed by atoms with Crippen LogP contribution in [0.1, 0.15) is 95.6 Å². The fraction of sp³-hybridized carbons (Fsp3) is 0.545. The predicted octanol–water partition coefficient (Wildman–Crippen LogP) is 7.44. The maximum Gasteiger partial charge on any atom is 0.410 e. The summed E-state index contributed by atoms with van der Waals surface area (Å²) in [5.41, 5.74) is 2.57. The van der Waals surface area contributed by atoms with E-state index in [9.17, 15) is 14.4 Å². The molecule has 1 saturated heterocycles. The van der Waals surface area contributed by atoms with E-state index in [1.165, 1.54) is 0 Å². The van der Waals surface area contributed by atoms with Gasteiger partial charge < -0.3 is 19.9 Å². The number of aryl methyl sites for hydroxylation is 1. The number of nitrogens with one attached hydrogen (secondary N) is 1. The molecule has 1 fully saturated rings. The lowest BCUT2D eigenvalue weighted by atomic mass is 9.90. The van der Waals surface area contributed by atoms with E-state index in [1.54, 1.807) is 9.80 Å². The van der Waals surface area contributed by atoms with Crippen molar-refractivity contribution in [3.05, 3.63) is 65.2 Å². The highest BCUT2D eigenvalue weighted by Crippen LogP contribution is 2.30. The normalized spacial score (nSPS) is 17.4. The Kier molecular flexibility index (Phi) is 12.7. The number of anilines is 1. The number of fused-ring (bicyclic) bond motifs is 1. The summed E-state index contributed by atoms with van der Waals surface area (Å²) < 4.78 is 5.51. The van der Waals surface area contributed by atoms with Gasteiger partial charge >= 0.3 is 6.09 Å². The Hall–Kier alpha value is -3.35. The number of carbonyl (C=O) groups is 3. The molecule has 40 heavy (non-hydrogen) atoms. The molecule has 0 aromatic heterocycles. The number of carbonyl (C=O) groups excluding carboxylic acids is 3. The van der Waals surface area contributed by atoms with Gasteiger partial charge in [0.05, 0.1) is 11.3 Å². The highest BCUT2D eigenvalue weighted by molar-refractivity contribution is 6.09. The van der Waals surface area contributed by atoms with E-state index < -0.39 is 11.6 Å². The first-order chi connectivity index (χ1) is 19.1. The van der Waals surface area contributed by atoms with Crippen molar-refractivity contribution in [1.29, 1.82) is 0 Å². The lowest BCUT2D eigenvalue weighted by Gasteiger charge is -2.34. The number of hydrogen-bond donors (Lipinski definition) is 1.